The Morgan fingerprint density at radius 2 is 1.90 bits per heavy atom. The molecule has 0 radical (unpaired) electrons. The van der Waals surface area contributed by atoms with E-state index in [0.717, 1.165) is 24.6 Å². The van der Waals surface area contributed by atoms with E-state index in [9.17, 15) is 0 Å². The zero-order chi connectivity index (χ0) is 7.40. The third kappa shape index (κ3) is 2.88. The van der Waals surface area contributed by atoms with Gasteiger partial charge in [0.2, 0.25) is 0 Å². The van der Waals surface area contributed by atoms with Crippen molar-refractivity contribution in [2.24, 2.45) is 0 Å². The second-order valence-corrected chi connectivity index (χ2v) is 3.62. The predicted molar refractivity (Wildman–Crippen MR) is 42.0 cm³/mol. The van der Waals surface area contributed by atoms with Gasteiger partial charge in [-0.05, 0) is 0 Å². The van der Waals surface area contributed by atoms with Crippen LogP contribution in [0.2, 0.25) is 0 Å². The first-order chi connectivity index (χ1) is 4.79. The fourth-order valence-corrected chi connectivity index (χ4v) is 1.99. The van der Waals surface area contributed by atoms with E-state index in [1.165, 1.54) is 0 Å². The van der Waals surface area contributed by atoms with Crippen LogP contribution in [0.1, 0.15) is 0 Å². The molecule has 60 valence electrons. The average Bonchev–Trinajstić information content (AvgIpc) is 1.88. The molecule has 2 N–H and O–H groups in total. The van der Waals surface area contributed by atoms with E-state index in [2.05, 4.69) is 4.90 Å². The Labute approximate surface area is 65.0 Å². The highest BCUT2D eigenvalue weighted by Gasteiger charge is 2.12. The third-order valence-electron chi connectivity index (χ3n) is 1.53. The van der Waals surface area contributed by atoms with Crippen LogP contribution in [0.5, 0.6) is 0 Å². The van der Waals surface area contributed by atoms with E-state index in [4.69, 9.17) is 10.2 Å². The van der Waals surface area contributed by atoms with Crippen LogP contribution in [-0.4, -0.2) is 52.5 Å². The predicted octanol–water partition coefficient (Wildman–Crippen LogP) is -0.654. The maximum absolute atomic E-state index is 8.61. The second-order valence-electron chi connectivity index (χ2n) is 2.39. The standard InChI is InChI=1S/C6H13NO2S/c8-6(9)5-7-1-3-10-4-2-7/h6,8-9H,1-5H2. The molecule has 1 rings (SSSR count). The number of rotatable bonds is 2. The lowest BCUT2D eigenvalue weighted by Crippen LogP contribution is -2.38. The molecule has 0 atom stereocenters. The Kier molecular flexibility index (Phi) is 3.48. The lowest BCUT2D eigenvalue weighted by Gasteiger charge is -2.26. The molecule has 1 aliphatic rings. The van der Waals surface area contributed by atoms with E-state index < -0.39 is 6.29 Å². The molecule has 0 aromatic carbocycles. The third-order valence-corrected chi connectivity index (χ3v) is 2.47. The Morgan fingerprint density at radius 3 is 2.40 bits per heavy atom. The quantitative estimate of drug-likeness (QED) is 0.531. The van der Waals surface area contributed by atoms with Crippen molar-refractivity contribution in [2.45, 2.75) is 6.29 Å². The van der Waals surface area contributed by atoms with Crippen molar-refractivity contribution < 1.29 is 10.2 Å². The zero-order valence-corrected chi connectivity index (χ0v) is 6.68. The van der Waals surface area contributed by atoms with Gasteiger partial charge in [0, 0.05) is 31.1 Å². The van der Waals surface area contributed by atoms with Gasteiger partial charge in [-0.3, -0.25) is 4.90 Å². The summed E-state index contributed by atoms with van der Waals surface area (Å²) in [5, 5.41) is 17.2. The zero-order valence-electron chi connectivity index (χ0n) is 5.86. The number of hydrogen-bond donors (Lipinski definition) is 2. The summed E-state index contributed by atoms with van der Waals surface area (Å²) >= 11 is 1.92. The maximum Gasteiger partial charge on any atom is 0.164 e. The number of thioether (sulfide) groups is 1. The molecular weight excluding hydrogens is 150 g/mol. The van der Waals surface area contributed by atoms with Gasteiger partial charge >= 0.3 is 0 Å². The Morgan fingerprint density at radius 1 is 1.30 bits per heavy atom. The molecule has 1 saturated heterocycles. The molecule has 0 aromatic rings. The molecular formula is C6H13NO2S. The number of aliphatic hydroxyl groups is 2. The molecule has 3 nitrogen and oxygen atoms in total. The van der Waals surface area contributed by atoms with Crippen molar-refractivity contribution in [1.29, 1.82) is 0 Å². The Balaban J connectivity index is 2.13. The summed E-state index contributed by atoms with van der Waals surface area (Å²) < 4.78 is 0. The maximum atomic E-state index is 8.61. The summed E-state index contributed by atoms with van der Waals surface area (Å²) in [5.74, 6) is 2.24. The molecule has 0 aromatic heterocycles. The lowest BCUT2D eigenvalue weighted by atomic mass is 10.4. The fourth-order valence-electron chi connectivity index (χ4n) is 1.01. The molecule has 0 aliphatic carbocycles. The molecule has 4 heteroatoms. The lowest BCUT2D eigenvalue weighted by molar-refractivity contribution is -0.0597. The molecule has 1 fully saturated rings. The fraction of sp³-hybridized carbons (Fsp3) is 1.00. The van der Waals surface area contributed by atoms with Gasteiger partial charge in [-0.2, -0.15) is 11.8 Å². The van der Waals surface area contributed by atoms with Gasteiger partial charge in [0.15, 0.2) is 6.29 Å². The normalized spacial score (nSPS) is 21.9. The van der Waals surface area contributed by atoms with Crippen LogP contribution in [0.4, 0.5) is 0 Å². The minimum atomic E-state index is -1.16. The highest BCUT2D eigenvalue weighted by Crippen LogP contribution is 2.08. The molecule has 0 amide bonds. The molecule has 10 heavy (non-hydrogen) atoms. The van der Waals surface area contributed by atoms with Crippen LogP contribution < -0.4 is 0 Å². The van der Waals surface area contributed by atoms with E-state index >= 15 is 0 Å². The van der Waals surface area contributed by atoms with Crippen molar-refractivity contribution in [2.75, 3.05) is 31.1 Å². The first kappa shape index (κ1) is 8.33. The Bertz CT molecular complexity index is 93.7. The van der Waals surface area contributed by atoms with Crippen LogP contribution in [0, 0.1) is 0 Å². The van der Waals surface area contributed by atoms with E-state index in [-0.39, 0.29) is 0 Å². The molecule has 0 unspecified atom stereocenters. The molecule has 0 spiro atoms. The van der Waals surface area contributed by atoms with Gasteiger partial charge in [0.25, 0.3) is 0 Å². The van der Waals surface area contributed by atoms with Gasteiger partial charge in [0.05, 0.1) is 0 Å². The highest BCUT2D eigenvalue weighted by atomic mass is 32.2. The first-order valence-corrected chi connectivity index (χ1v) is 4.61. The topological polar surface area (TPSA) is 43.7 Å². The molecule has 0 bridgehead atoms. The van der Waals surface area contributed by atoms with Crippen molar-refractivity contribution in [1.82, 2.24) is 4.90 Å². The summed E-state index contributed by atoms with van der Waals surface area (Å²) in [6.45, 7) is 2.38. The minimum absolute atomic E-state index is 0.403. The number of nitrogens with zero attached hydrogens (tertiary/aromatic N) is 1. The van der Waals surface area contributed by atoms with Gasteiger partial charge < -0.3 is 10.2 Å². The van der Waals surface area contributed by atoms with E-state index in [1.54, 1.807) is 0 Å². The van der Waals surface area contributed by atoms with E-state index in [0.29, 0.717) is 6.54 Å². The van der Waals surface area contributed by atoms with Crippen molar-refractivity contribution in [3.05, 3.63) is 0 Å². The number of β-amino-alcohol motifs (C(OH)–C–C–N with tert-alkyl or cyclic N) is 2. The van der Waals surface area contributed by atoms with Crippen molar-refractivity contribution in [3.8, 4) is 0 Å². The largest absolute Gasteiger partial charge is 0.367 e. The summed E-state index contributed by atoms with van der Waals surface area (Å²) in [6, 6.07) is 0. The van der Waals surface area contributed by atoms with Crippen LogP contribution in [-0.2, 0) is 0 Å². The average molecular weight is 163 g/mol. The second kappa shape index (κ2) is 4.18. The van der Waals surface area contributed by atoms with Gasteiger partial charge in [-0.25, -0.2) is 0 Å². The number of hydrogen-bond acceptors (Lipinski definition) is 4. The first-order valence-electron chi connectivity index (χ1n) is 3.45. The van der Waals surface area contributed by atoms with Gasteiger partial charge in [-0.1, -0.05) is 0 Å². The van der Waals surface area contributed by atoms with Crippen LogP contribution in [0.25, 0.3) is 0 Å². The summed E-state index contributed by atoms with van der Waals surface area (Å²) in [4.78, 5) is 2.07. The Hall–Kier alpha value is 0.230. The summed E-state index contributed by atoms with van der Waals surface area (Å²) in [7, 11) is 0. The van der Waals surface area contributed by atoms with Crippen LogP contribution >= 0.6 is 11.8 Å². The smallest absolute Gasteiger partial charge is 0.164 e. The molecule has 1 aliphatic heterocycles. The highest BCUT2D eigenvalue weighted by molar-refractivity contribution is 7.99. The minimum Gasteiger partial charge on any atom is -0.367 e. The summed E-state index contributed by atoms with van der Waals surface area (Å²) in [6.07, 6.45) is -1.16. The van der Waals surface area contributed by atoms with Gasteiger partial charge in [-0.15, -0.1) is 0 Å². The van der Waals surface area contributed by atoms with Gasteiger partial charge in [0.1, 0.15) is 0 Å². The van der Waals surface area contributed by atoms with Crippen molar-refractivity contribution in [3.63, 3.8) is 0 Å². The van der Waals surface area contributed by atoms with E-state index in [1.807, 2.05) is 11.8 Å². The SMILES string of the molecule is OC(O)CN1CCSCC1. The molecule has 0 saturated carbocycles. The monoisotopic (exact) mass is 163 g/mol. The van der Waals surface area contributed by atoms with Crippen LogP contribution in [0.15, 0.2) is 0 Å². The summed E-state index contributed by atoms with van der Waals surface area (Å²) in [5.41, 5.74) is 0. The van der Waals surface area contributed by atoms with Crippen molar-refractivity contribution >= 4 is 11.8 Å². The molecule has 1 heterocycles. The number of aliphatic hydroxyl groups excluding tert-OH is 1. The van der Waals surface area contributed by atoms with Crippen LogP contribution in [0.3, 0.4) is 0 Å².